The van der Waals surface area contributed by atoms with Gasteiger partial charge in [-0.2, -0.15) is 0 Å². The standard InChI is InChI=1S/C16H19BrN2O/c17-14-2-1-11(8-18-14)16(20)19-15-12-4-9-3-10(6-12)7-13(15)5-9/h1-2,8-10,12-13,15H,3-7H2,(H,19,20). The van der Waals surface area contributed by atoms with Gasteiger partial charge in [0, 0.05) is 12.2 Å². The minimum absolute atomic E-state index is 0.0440. The van der Waals surface area contributed by atoms with Gasteiger partial charge < -0.3 is 5.32 Å². The second-order valence-corrected chi connectivity index (χ2v) is 7.61. The lowest BCUT2D eigenvalue weighted by Crippen LogP contribution is -2.55. The van der Waals surface area contributed by atoms with Crippen LogP contribution in [0.2, 0.25) is 0 Å². The Labute approximate surface area is 127 Å². The summed E-state index contributed by atoms with van der Waals surface area (Å²) in [5, 5.41) is 3.30. The lowest BCUT2D eigenvalue weighted by atomic mass is 9.54. The van der Waals surface area contributed by atoms with Gasteiger partial charge in [0.1, 0.15) is 4.60 Å². The van der Waals surface area contributed by atoms with Crippen molar-refractivity contribution in [1.29, 1.82) is 0 Å². The van der Waals surface area contributed by atoms with Gasteiger partial charge >= 0.3 is 0 Å². The normalized spacial score (nSPS) is 38.0. The van der Waals surface area contributed by atoms with E-state index in [1.54, 1.807) is 6.20 Å². The van der Waals surface area contributed by atoms with Crippen LogP contribution < -0.4 is 5.32 Å². The Bertz CT molecular complexity index is 500. The Morgan fingerprint density at radius 2 is 1.75 bits per heavy atom. The summed E-state index contributed by atoms with van der Waals surface area (Å²) in [7, 11) is 0. The summed E-state index contributed by atoms with van der Waals surface area (Å²) in [5.74, 6) is 3.37. The van der Waals surface area contributed by atoms with E-state index in [9.17, 15) is 4.79 Å². The number of pyridine rings is 1. The molecule has 4 saturated carbocycles. The summed E-state index contributed by atoms with van der Waals surface area (Å²) in [6.45, 7) is 0. The zero-order valence-corrected chi connectivity index (χ0v) is 13.0. The molecule has 106 valence electrons. The van der Waals surface area contributed by atoms with Crippen LogP contribution in [0.4, 0.5) is 0 Å². The molecule has 3 nitrogen and oxygen atoms in total. The number of nitrogens with zero attached hydrogens (tertiary/aromatic N) is 1. The van der Waals surface area contributed by atoms with Crippen molar-refractivity contribution in [1.82, 2.24) is 10.3 Å². The van der Waals surface area contributed by atoms with Crippen molar-refractivity contribution in [3.05, 3.63) is 28.5 Å². The fourth-order valence-corrected chi connectivity index (χ4v) is 5.14. The number of amides is 1. The molecule has 0 saturated heterocycles. The highest BCUT2D eigenvalue weighted by Crippen LogP contribution is 2.53. The van der Waals surface area contributed by atoms with Gasteiger partial charge in [-0.3, -0.25) is 4.79 Å². The molecule has 0 spiro atoms. The quantitative estimate of drug-likeness (QED) is 0.842. The summed E-state index contributed by atoms with van der Waals surface area (Å²) in [4.78, 5) is 16.5. The van der Waals surface area contributed by atoms with E-state index in [0.717, 1.165) is 28.3 Å². The topological polar surface area (TPSA) is 42.0 Å². The molecule has 0 unspecified atom stereocenters. The van der Waals surface area contributed by atoms with Crippen LogP contribution in [0.15, 0.2) is 22.9 Å². The number of hydrogen-bond acceptors (Lipinski definition) is 2. The van der Waals surface area contributed by atoms with Gasteiger partial charge in [0.2, 0.25) is 0 Å². The van der Waals surface area contributed by atoms with Gasteiger partial charge in [-0.25, -0.2) is 4.98 Å². The van der Waals surface area contributed by atoms with Crippen molar-refractivity contribution in [3.8, 4) is 0 Å². The zero-order valence-electron chi connectivity index (χ0n) is 11.4. The molecule has 0 aromatic carbocycles. The molecule has 0 radical (unpaired) electrons. The Balaban J connectivity index is 1.49. The minimum atomic E-state index is 0.0440. The fourth-order valence-electron chi connectivity index (χ4n) is 4.91. The number of hydrogen-bond donors (Lipinski definition) is 1. The molecule has 4 aliphatic carbocycles. The first-order valence-corrected chi connectivity index (χ1v) is 8.41. The Kier molecular flexibility index (Phi) is 3.09. The molecule has 1 aromatic heterocycles. The summed E-state index contributed by atoms with van der Waals surface area (Å²) < 4.78 is 0.767. The average molecular weight is 335 g/mol. The molecular weight excluding hydrogens is 316 g/mol. The van der Waals surface area contributed by atoms with Crippen molar-refractivity contribution < 1.29 is 4.79 Å². The molecule has 0 atom stereocenters. The van der Waals surface area contributed by atoms with Crippen LogP contribution in [-0.2, 0) is 0 Å². The van der Waals surface area contributed by atoms with Crippen molar-refractivity contribution in [2.75, 3.05) is 0 Å². The third-order valence-electron chi connectivity index (χ3n) is 5.51. The molecule has 1 N–H and O–H groups in total. The molecule has 5 rings (SSSR count). The first-order chi connectivity index (χ1) is 9.69. The van der Waals surface area contributed by atoms with Crippen LogP contribution >= 0.6 is 15.9 Å². The van der Waals surface area contributed by atoms with E-state index in [1.165, 1.54) is 32.1 Å². The highest BCUT2D eigenvalue weighted by molar-refractivity contribution is 9.10. The average Bonchev–Trinajstić information content (AvgIpc) is 2.42. The van der Waals surface area contributed by atoms with E-state index < -0.39 is 0 Å². The zero-order chi connectivity index (χ0) is 13.7. The largest absolute Gasteiger partial charge is 0.349 e. The van der Waals surface area contributed by atoms with Crippen LogP contribution in [-0.4, -0.2) is 16.9 Å². The molecule has 4 heteroatoms. The van der Waals surface area contributed by atoms with Gasteiger partial charge in [-0.05, 0) is 83.8 Å². The molecular formula is C16H19BrN2O. The third kappa shape index (κ3) is 2.18. The van der Waals surface area contributed by atoms with E-state index >= 15 is 0 Å². The van der Waals surface area contributed by atoms with Gasteiger partial charge in [-0.15, -0.1) is 0 Å². The highest BCUT2D eigenvalue weighted by Gasteiger charge is 2.48. The van der Waals surface area contributed by atoms with Crippen LogP contribution in [0.3, 0.4) is 0 Å². The number of carbonyl (C=O) groups is 1. The van der Waals surface area contributed by atoms with Crippen molar-refractivity contribution >= 4 is 21.8 Å². The molecule has 4 fully saturated rings. The predicted molar refractivity (Wildman–Crippen MR) is 80.2 cm³/mol. The van der Waals surface area contributed by atoms with Gasteiger partial charge in [0.25, 0.3) is 5.91 Å². The molecule has 20 heavy (non-hydrogen) atoms. The van der Waals surface area contributed by atoms with E-state index in [1.807, 2.05) is 12.1 Å². The molecule has 1 amide bonds. The summed E-state index contributed by atoms with van der Waals surface area (Å²) >= 11 is 3.30. The molecule has 4 bridgehead atoms. The minimum Gasteiger partial charge on any atom is -0.349 e. The SMILES string of the molecule is O=C(NC1C2CC3CC(C2)CC1C3)c1ccc(Br)nc1. The number of carbonyl (C=O) groups excluding carboxylic acids is 1. The van der Waals surface area contributed by atoms with Gasteiger partial charge in [0.15, 0.2) is 0 Å². The van der Waals surface area contributed by atoms with Crippen LogP contribution in [0, 0.1) is 23.7 Å². The van der Waals surface area contributed by atoms with E-state index in [0.29, 0.717) is 11.6 Å². The Hall–Kier alpha value is -0.900. The first-order valence-electron chi connectivity index (χ1n) is 7.61. The van der Waals surface area contributed by atoms with Gasteiger partial charge in [0.05, 0.1) is 5.56 Å². The Morgan fingerprint density at radius 1 is 1.10 bits per heavy atom. The maximum absolute atomic E-state index is 12.4. The highest BCUT2D eigenvalue weighted by atomic mass is 79.9. The Morgan fingerprint density at radius 3 is 2.30 bits per heavy atom. The second-order valence-electron chi connectivity index (χ2n) is 6.80. The number of halogens is 1. The van der Waals surface area contributed by atoms with E-state index in [2.05, 4.69) is 26.2 Å². The lowest BCUT2D eigenvalue weighted by Gasteiger charge is -2.54. The summed E-state index contributed by atoms with van der Waals surface area (Å²) in [5.41, 5.74) is 0.669. The number of aromatic nitrogens is 1. The summed E-state index contributed by atoms with van der Waals surface area (Å²) in [6, 6.07) is 4.06. The van der Waals surface area contributed by atoms with Crippen molar-refractivity contribution in [2.24, 2.45) is 23.7 Å². The van der Waals surface area contributed by atoms with Crippen LogP contribution in [0.5, 0.6) is 0 Å². The lowest BCUT2D eigenvalue weighted by molar-refractivity contribution is -0.0119. The van der Waals surface area contributed by atoms with Crippen molar-refractivity contribution in [2.45, 2.75) is 38.1 Å². The molecule has 1 heterocycles. The monoisotopic (exact) mass is 334 g/mol. The third-order valence-corrected chi connectivity index (χ3v) is 5.98. The van der Waals surface area contributed by atoms with Crippen LogP contribution in [0.25, 0.3) is 0 Å². The maximum Gasteiger partial charge on any atom is 0.253 e. The fraction of sp³-hybridized carbons (Fsp3) is 0.625. The molecule has 0 aliphatic heterocycles. The van der Waals surface area contributed by atoms with E-state index in [4.69, 9.17) is 0 Å². The number of nitrogens with one attached hydrogen (secondary N) is 1. The summed E-state index contributed by atoms with van der Waals surface area (Å²) in [6.07, 6.45) is 8.42. The van der Waals surface area contributed by atoms with E-state index in [-0.39, 0.29) is 5.91 Å². The predicted octanol–water partition coefficient (Wildman–Crippen LogP) is 3.40. The maximum atomic E-state index is 12.4. The van der Waals surface area contributed by atoms with Gasteiger partial charge in [-0.1, -0.05) is 0 Å². The number of rotatable bonds is 2. The smallest absolute Gasteiger partial charge is 0.253 e. The molecule has 1 aromatic rings. The molecule has 4 aliphatic rings. The second kappa shape index (κ2) is 4.83. The first kappa shape index (κ1) is 12.8. The van der Waals surface area contributed by atoms with Crippen LogP contribution in [0.1, 0.15) is 42.5 Å². The van der Waals surface area contributed by atoms with Crippen molar-refractivity contribution in [3.63, 3.8) is 0 Å².